The van der Waals surface area contributed by atoms with Gasteiger partial charge in [0.25, 0.3) is 0 Å². The van der Waals surface area contributed by atoms with Crippen molar-refractivity contribution in [2.75, 3.05) is 21.2 Å². The highest BCUT2D eigenvalue weighted by Crippen LogP contribution is 2.24. The predicted octanol–water partition coefficient (Wildman–Crippen LogP) is 3.14. The van der Waals surface area contributed by atoms with Gasteiger partial charge in [0.15, 0.2) is 0 Å². The Bertz CT molecular complexity index is 938. The van der Waals surface area contributed by atoms with Crippen molar-refractivity contribution in [3.63, 3.8) is 0 Å². The minimum Gasteiger partial charge on any atom is -0.326 e. The van der Waals surface area contributed by atoms with Gasteiger partial charge in [-0.2, -0.15) is 0 Å². The van der Waals surface area contributed by atoms with Crippen LogP contribution in [0, 0.1) is 6.92 Å². The van der Waals surface area contributed by atoms with Crippen LogP contribution in [0.15, 0.2) is 48.5 Å². The first-order valence-electron chi connectivity index (χ1n) is 8.86. The van der Waals surface area contributed by atoms with Gasteiger partial charge in [0.2, 0.25) is 21.8 Å². The monoisotopic (exact) mass is 403 g/mol. The van der Waals surface area contributed by atoms with E-state index >= 15 is 0 Å². The Morgan fingerprint density at radius 1 is 0.964 bits per heavy atom. The van der Waals surface area contributed by atoms with Gasteiger partial charge in [-0.25, -0.2) is 8.42 Å². The zero-order valence-electron chi connectivity index (χ0n) is 16.4. The van der Waals surface area contributed by atoms with Gasteiger partial charge in [-0.3, -0.25) is 13.9 Å². The summed E-state index contributed by atoms with van der Waals surface area (Å²) in [5.41, 5.74) is 2.55. The molecule has 2 aromatic carbocycles. The average Bonchev–Trinajstić information content (AvgIpc) is 2.60. The number of benzene rings is 2. The van der Waals surface area contributed by atoms with E-state index in [1.165, 1.54) is 6.92 Å². The molecule has 0 aliphatic carbocycles. The smallest absolute Gasteiger partial charge is 0.248 e. The van der Waals surface area contributed by atoms with Crippen LogP contribution in [-0.2, 0) is 19.6 Å². The molecule has 1 atom stereocenters. The lowest BCUT2D eigenvalue weighted by atomic mass is 10.1. The largest absolute Gasteiger partial charge is 0.326 e. The minimum atomic E-state index is -3.67. The molecule has 0 spiro atoms. The summed E-state index contributed by atoms with van der Waals surface area (Å²) >= 11 is 0. The van der Waals surface area contributed by atoms with Gasteiger partial charge in [-0.05, 0) is 49.7 Å². The Balaban J connectivity index is 2.26. The van der Waals surface area contributed by atoms with Crippen LogP contribution in [0.4, 0.5) is 17.1 Å². The van der Waals surface area contributed by atoms with E-state index in [0.717, 1.165) is 16.1 Å². The summed E-state index contributed by atoms with van der Waals surface area (Å²) in [6, 6.07) is 12.7. The quantitative estimate of drug-likeness (QED) is 0.742. The number of carbonyl (C=O) groups is 2. The summed E-state index contributed by atoms with van der Waals surface area (Å²) in [5.74, 6) is -0.620. The normalized spacial score (nSPS) is 12.1. The lowest BCUT2D eigenvalue weighted by Gasteiger charge is -2.30. The molecule has 0 unspecified atom stereocenters. The molecule has 0 bridgehead atoms. The predicted molar refractivity (Wildman–Crippen MR) is 112 cm³/mol. The second kappa shape index (κ2) is 8.88. The van der Waals surface area contributed by atoms with Crippen LogP contribution in [0.2, 0.25) is 0 Å². The first-order chi connectivity index (χ1) is 13.1. The lowest BCUT2D eigenvalue weighted by molar-refractivity contribution is -0.117. The van der Waals surface area contributed by atoms with Crippen molar-refractivity contribution in [3.05, 3.63) is 54.1 Å². The maximum Gasteiger partial charge on any atom is 0.248 e. The maximum absolute atomic E-state index is 12.8. The van der Waals surface area contributed by atoms with Gasteiger partial charge < -0.3 is 10.6 Å². The number of hydrogen-bond donors (Lipinski definition) is 2. The Labute approximate surface area is 165 Å². The lowest BCUT2D eigenvalue weighted by Crippen LogP contribution is -2.47. The Morgan fingerprint density at radius 3 is 1.89 bits per heavy atom. The van der Waals surface area contributed by atoms with Crippen molar-refractivity contribution in [1.82, 2.24) is 0 Å². The number of rotatable bonds is 7. The summed E-state index contributed by atoms with van der Waals surface area (Å²) in [5, 5.41) is 5.39. The first kappa shape index (κ1) is 21.4. The molecule has 0 heterocycles. The molecule has 150 valence electrons. The minimum absolute atomic E-state index is 0.190. The maximum atomic E-state index is 12.8. The number of nitrogens with one attached hydrogen (secondary N) is 2. The molecule has 2 rings (SSSR count). The molecule has 0 aliphatic heterocycles. The first-order valence-corrected chi connectivity index (χ1v) is 10.7. The van der Waals surface area contributed by atoms with Gasteiger partial charge in [0, 0.05) is 18.3 Å². The van der Waals surface area contributed by atoms with Crippen LogP contribution in [0.5, 0.6) is 0 Å². The van der Waals surface area contributed by atoms with Gasteiger partial charge >= 0.3 is 0 Å². The van der Waals surface area contributed by atoms with E-state index in [2.05, 4.69) is 10.6 Å². The van der Waals surface area contributed by atoms with Gasteiger partial charge in [-0.1, -0.05) is 24.6 Å². The Hall–Kier alpha value is -2.87. The third-order valence-corrected chi connectivity index (χ3v) is 5.27. The van der Waals surface area contributed by atoms with Crippen molar-refractivity contribution in [2.24, 2.45) is 0 Å². The number of hydrogen-bond acceptors (Lipinski definition) is 4. The summed E-state index contributed by atoms with van der Waals surface area (Å²) in [6.07, 6.45) is 1.39. The van der Waals surface area contributed by atoms with Crippen molar-refractivity contribution < 1.29 is 18.0 Å². The van der Waals surface area contributed by atoms with Crippen LogP contribution in [0.1, 0.15) is 25.8 Å². The number of aryl methyl sites for hydroxylation is 1. The van der Waals surface area contributed by atoms with E-state index in [1.54, 1.807) is 55.5 Å². The third-order valence-electron chi connectivity index (χ3n) is 4.09. The summed E-state index contributed by atoms with van der Waals surface area (Å²) in [7, 11) is -3.67. The molecule has 0 saturated carbocycles. The van der Waals surface area contributed by atoms with E-state index in [4.69, 9.17) is 0 Å². The van der Waals surface area contributed by atoms with Crippen molar-refractivity contribution in [3.8, 4) is 0 Å². The molecule has 28 heavy (non-hydrogen) atoms. The van der Waals surface area contributed by atoms with Crippen LogP contribution in [-0.4, -0.2) is 32.5 Å². The zero-order chi connectivity index (χ0) is 20.9. The molecular weight excluding hydrogens is 378 g/mol. The number of sulfonamides is 1. The second-order valence-corrected chi connectivity index (χ2v) is 8.43. The molecule has 0 radical (unpaired) electrons. The highest BCUT2D eigenvalue weighted by Gasteiger charge is 2.31. The molecule has 2 amide bonds. The number of carbonyl (C=O) groups excluding carboxylic acids is 2. The van der Waals surface area contributed by atoms with Crippen LogP contribution in [0.25, 0.3) is 0 Å². The molecule has 0 saturated heterocycles. The summed E-state index contributed by atoms with van der Waals surface area (Å²) in [4.78, 5) is 23.9. The van der Waals surface area contributed by atoms with E-state index in [9.17, 15) is 18.0 Å². The average molecular weight is 404 g/mol. The molecule has 2 N–H and O–H groups in total. The second-order valence-electron chi connectivity index (χ2n) is 6.57. The van der Waals surface area contributed by atoms with Crippen molar-refractivity contribution in [1.29, 1.82) is 0 Å². The van der Waals surface area contributed by atoms with Crippen LogP contribution >= 0.6 is 0 Å². The Morgan fingerprint density at radius 2 is 1.46 bits per heavy atom. The molecular formula is C20H25N3O4S. The molecule has 2 aromatic rings. The van der Waals surface area contributed by atoms with E-state index in [0.29, 0.717) is 23.5 Å². The molecule has 0 fully saturated rings. The van der Waals surface area contributed by atoms with E-state index in [-0.39, 0.29) is 5.91 Å². The SMILES string of the molecule is CC[C@@H](C(=O)Nc1ccc(NC(C)=O)cc1)N(c1ccc(C)cc1)S(C)(=O)=O. The third kappa shape index (κ3) is 5.56. The van der Waals surface area contributed by atoms with Gasteiger partial charge in [0.1, 0.15) is 6.04 Å². The fourth-order valence-electron chi connectivity index (χ4n) is 2.82. The highest BCUT2D eigenvalue weighted by atomic mass is 32.2. The van der Waals surface area contributed by atoms with E-state index in [1.807, 2.05) is 6.92 Å². The van der Waals surface area contributed by atoms with Crippen LogP contribution in [0.3, 0.4) is 0 Å². The topological polar surface area (TPSA) is 95.6 Å². The fraction of sp³-hybridized carbons (Fsp3) is 0.300. The standard InChI is InChI=1S/C20H25N3O4S/c1-5-19(23(28(4,26)27)18-12-6-14(2)7-13-18)20(25)22-17-10-8-16(9-11-17)21-15(3)24/h6-13,19H,5H2,1-4H3,(H,21,24)(H,22,25)/t19-/m0/s1. The van der Waals surface area contributed by atoms with Gasteiger partial charge in [-0.15, -0.1) is 0 Å². The number of nitrogens with zero attached hydrogens (tertiary/aromatic N) is 1. The Kier molecular flexibility index (Phi) is 6.80. The molecule has 7 nitrogen and oxygen atoms in total. The van der Waals surface area contributed by atoms with Crippen LogP contribution < -0.4 is 14.9 Å². The molecule has 0 aromatic heterocycles. The summed E-state index contributed by atoms with van der Waals surface area (Å²) < 4.78 is 26.0. The van der Waals surface area contributed by atoms with Gasteiger partial charge in [0.05, 0.1) is 11.9 Å². The molecule has 0 aliphatic rings. The fourth-order valence-corrected chi connectivity index (χ4v) is 4.03. The van der Waals surface area contributed by atoms with Crippen molar-refractivity contribution in [2.45, 2.75) is 33.2 Å². The van der Waals surface area contributed by atoms with Crippen molar-refractivity contribution >= 4 is 38.9 Å². The zero-order valence-corrected chi connectivity index (χ0v) is 17.2. The molecule has 8 heteroatoms. The van der Waals surface area contributed by atoms with E-state index < -0.39 is 22.0 Å². The number of anilines is 3. The summed E-state index contributed by atoms with van der Waals surface area (Å²) in [6.45, 7) is 5.08. The number of amides is 2. The highest BCUT2D eigenvalue weighted by molar-refractivity contribution is 7.92.